The quantitative estimate of drug-likeness (QED) is 0.158. The number of anilines is 3. The predicted octanol–water partition coefficient (Wildman–Crippen LogP) is 15.6. The number of hydrogen-bond acceptors (Lipinski definition) is 2. The van der Waals surface area contributed by atoms with Crippen molar-refractivity contribution in [3.8, 4) is 39.1 Å². The van der Waals surface area contributed by atoms with Gasteiger partial charge in [0.15, 0.2) is 0 Å². The molecule has 268 valence electrons. The Morgan fingerprint density at radius 2 is 0.807 bits per heavy atom. The molecule has 3 heteroatoms. The van der Waals surface area contributed by atoms with Crippen LogP contribution in [0.25, 0.3) is 81.0 Å². The van der Waals surface area contributed by atoms with Crippen molar-refractivity contribution in [2.24, 2.45) is 0 Å². The van der Waals surface area contributed by atoms with E-state index < -0.39 is 0 Å². The van der Waals surface area contributed by atoms with Crippen LogP contribution in [-0.4, -0.2) is 4.57 Å². The lowest BCUT2D eigenvalue weighted by atomic mass is 9.97. The number of aromatic nitrogens is 1. The summed E-state index contributed by atoms with van der Waals surface area (Å²) in [6.45, 7) is 0. The molecule has 0 unspecified atom stereocenters. The summed E-state index contributed by atoms with van der Waals surface area (Å²) in [5.74, 6) is 0. The smallest absolute Gasteiger partial charge is 0.0541 e. The van der Waals surface area contributed by atoms with Crippen molar-refractivity contribution in [3.63, 3.8) is 0 Å². The van der Waals surface area contributed by atoms with E-state index in [1.165, 1.54) is 81.0 Å². The molecule has 9 aromatic carbocycles. The first-order valence-electron chi connectivity index (χ1n) is 19.4. The van der Waals surface area contributed by atoms with Crippen LogP contribution in [0.1, 0.15) is 0 Å². The highest BCUT2D eigenvalue weighted by atomic mass is 32.1. The standard InChI is InChI=1S/C54H36N2S/c1-3-12-37(13-4-1)38-22-27-44(28-23-38)55(46-31-32-49-48-19-8-10-21-53(48)57-54(49)36-46)45-29-24-39(25-30-45)40-14-11-15-41(34-40)42-26-33-52-50(35-42)47-18-7-9-20-51(47)56(52)43-16-5-2-6-17-43/h1-36H. The zero-order chi connectivity index (χ0) is 37.7. The molecule has 0 bridgehead atoms. The molecule has 2 heterocycles. The van der Waals surface area contributed by atoms with Gasteiger partial charge in [-0.15, -0.1) is 11.3 Å². The first kappa shape index (κ1) is 33.2. The largest absolute Gasteiger partial charge is 0.310 e. The van der Waals surface area contributed by atoms with Crippen LogP contribution >= 0.6 is 11.3 Å². The Morgan fingerprint density at radius 1 is 0.298 bits per heavy atom. The van der Waals surface area contributed by atoms with E-state index in [1.807, 2.05) is 11.3 Å². The summed E-state index contributed by atoms with van der Waals surface area (Å²) in [4.78, 5) is 2.37. The van der Waals surface area contributed by atoms with Crippen molar-refractivity contribution in [3.05, 3.63) is 218 Å². The molecule has 0 fully saturated rings. The van der Waals surface area contributed by atoms with E-state index in [0.29, 0.717) is 0 Å². The summed E-state index contributed by atoms with van der Waals surface area (Å²) in [6, 6.07) is 79.3. The van der Waals surface area contributed by atoms with Gasteiger partial charge in [0.2, 0.25) is 0 Å². The summed E-state index contributed by atoms with van der Waals surface area (Å²) < 4.78 is 4.97. The lowest BCUT2D eigenvalue weighted by molar-refractivity contribution is 1.18. The molecular formula is C54H36N2S. The minimum absolute atomic E-state index is 1.11. The molecule has 0 spiro atoms. The van der Waals surface area contributed by atoms with Gasteiger partial charge in [-0.05, 0) is 112 Å². The number of thiophene rings is 1. The summed E-state index contributed by atoms with van der Waals surface area (Å²) in [6.07, 6.45) is 0. The van der Waals surface area contributed by atoms with E-state index in [9.17, 15) is 0 Å². The maximum absolute atomic E-state index is 2.37. The molecule has 11 rings (SSSR count). The van der Waals surface area contributed by atoms with Crippen LogP contribution in [0.3, 0.4) is 0 Å². The fraction of sp³-hybridized carbons (Fsp3) is 0. The fourth-order valence-corrected chi connectivity index (χ4v) is 9.56. The van der Waals surface area contributed by atoms with Crippen LogP contribution in [0.15, 0.2) is 218 Å². The summed E-state index contributed by atoms with van der Waals surface area (Å²) >= 11 is 1.86. The first-order chi connectivity index (χ1) is 28.2. The molecule has 2 aromatic heterocycles. The molecule has 11 aromatic rings. The van der Waals surface area contributed by atoms with Gasteiger partial charge in [-0.1, -0.05) is 140 Å². The van der Waals surface area contributed by atoms with Crippen molar-refractivity contribution < 1.29 is 0 Å². The minimum atomic E-state index is 1.11. The number of fused-ring (bicyclic) bond motifs is 6. The maximum Gasteiger partial charge on any atom is 0.0541 e. The second-order valence-corrected chi connectivity index (χ2v) is 15.7. The van der Waals surface area contributed by atoms with Gasteiger partial charge in [0, 0.05) is 53.7 Å². The van der Waals surface area contributed by atoms with E-state index in [1.54, 1.807) is 0 Å². The van der Waals surface area contributed by atoms with Gasteiger partial charge in [-0.3, -0.25) is 0 Å². The summed E-state index contributed by atoms with van der Waals surface area (Å²) in [5, 5.41) is 5.13. The SMILES string of the molecule is c1ccc(-c2ccc(N(c3ccc(-c4cccc(-c5ccc6c(c5)c5ccccc5n6-c5ccccc5)c4)cc3)c3ccc4c(c3)sc3ccccc34)cc2)cc1. The first-order valence-corrected chi connectivity index (χ1v) is 20.2. The highest BCUT2D eigenvalue weighted by Crippen LogP contribution is 2.42. The molecule has 0 aliphatic heterocycles. The van der Waals surface area contributed by atoms with Crippen molar-refractivity contribution >= 4 is 70.4 Å². The van der Waals surface area contributed by atoms with Crippen molar-refractivity contribution in [2.45, 2.75) is 0 Å². The highest BCUT2D eigenvalue weighted by Gasteiger charge is 2.17. The lowest BCUT2D eigenvalue weighted by Crippen LogP contribution is -2.09. The van der Waals surface area contributed by atoms with E-state index in [4.69, 9.17) is 0 Å². The van der Waals surface area contributed by atoms with Gasteiger partial charge >= 0.3 is 0 Å². The molecule has 0 atom stereocenters. The molecule has 0 radical (unpaired) electrons. The van der Waals surface area contributed by atoms with E-state index >= 15 is 0 Å². The number of rotatable bonds is 7. The molecule has 0 saturated carbocycles. The Balaban J connectivity index is 0.963. The third kappa shape index (κ3) is 5.88. The molecule has 0 aliphatic carbocycles. The molecule has 0 aliphatic rings. The molecule has 0 saturated heterocycles. The van der Waals surface area contributed by atoms with Gasteiger partial charge < -0.3 is 9.47 Å². The second kappa shape index (κ2) is 13.8. The molecule has 2 nitrogen and oxygen atoms in total. The monoisotopic (exact) mass is 744 g/mol. The Bertz CT molecular complexity index is 3210. The third-order valence-corrected chi connectivity index (χ3v) is 12.3. The third-order valence-electron chi connectivity index (χ3n) is 11.2. The average molecular weight is 745 g/mol. The van der Waals surface area contributed by atoms with Crippen molar-refractivity contribution in [2.75, 3.05) is 4.90 Å². The van der Waals surface area contributed by atoms with Gasteiger partial charge in [0.25, 0.3) is 0 Å². The van der Waals surface area contributed by atoms with Gasteiger partial charge in [0.05, 0.1) is 11.0 Å². The Hall–Kier alpha value is -7.20. The van der Waals surface area contributed by atoms with Gasteiger partial charge in [-0.25, -0.2) is 0 Å². The zero-order valence-corrected chi connectivity index (χ0v) is 31.9. The summed E-state index contributed by atoms with van der Waals surface area (Å²) in [5.41, 5.74) is 14.2. The lowest BCUT2D eigenvalue weighted by Gasteiger charge is -2.26. The molecule has 0 N–H and O–H groups in total. The van der Waals surface area contributed by atoms with Crippen LogP contribution in [-0.2, 0) is 0 Å². The van der Waals surface area contributed by atoms with Crippen molar-refractivity contribution in [1.82, 2.24) is 4.57 Å². The van der Waals surface area contributed by atoms with Crippen LogP contribution in [0.4, 0.5) is 17.1 Å². The average Bonchev–Trinajstić information content (AvgIpc) is 3.83. The molecular weight excluding hydrogens is 709 g/mol. The topological polar surface area (TPSA) is 8.17 Å². The Morgan fingerprint density at radius 3 is 1.56 bits per heavy atom. The molecule has 0 amide bonds. The fourth-order valence-electron chi connectivity index (χ4n) is 8.42. The Kier molecular flexibility index (Phi) is 8.04. The van der Waals surface area contributed by atoms with E-state index in [-0.39, 0.29) is 0 Å². The van der Waals surface area contributed by atoms with Crippen LogP contribution in [0.2, 0.25) is 0 Å². The van der Waals surface area contributed by atoms with Gasteiger partial charge in [0.1, 0.15) is 0 Å². The second-order valence-electron chi connectivity index (χ2n) is 14.6. The van der Waals surface area contributed by atoms with Gasteiger partial charge in [-0.2, -0.15) is 0 Å². The maximum atomic E-state index is 2.37. The van der Waals surface area contributed by atoms with E-state index in [0.717, 1.165) is 17.1 Å². The minimum Gasteiger partial charge on any atom is -0.310 e. The number of hydrogen-bond donors (Lipinski definition) is 0. The Labute approximate surface area is 335 Å². The van der Waals surface area contributed by atoms with Crippen LogP contribution < -0.4 is 4.90 Å². The highest BCUT2D eigenvalue weighted by molar-refractivity contribution is 7.25. The number of benzene rings is 9. The molecule has 57 heavy (non-hydrogen) atoms. The predicted molar refractivity (Wildman–Crippen MR) is 245 cm³/mol. The van der Waals surface area contributed by atoms with E-state index in [2.05, 4.69) is 228 Å². The summed E-state index contributed by atoms with van der Waals surface area (Å²) in [7, 11) is 0. The number of nitrogens with zero attached hydrogens (tertiary/aromatic N) is 2. The van der Waals surface area contributed by atoms with Crippen LogP contribution in [0.5, 0.6) is 0 Å². The zero-order valence-electron chi connectivity index (χ0n) is 31.1. The van der Waals surface area contributed by atoms with Crippen molar-refractivity contribution in [1.29, 1.82) is 0 Å². The normalized spacial score (nSPS) is 11.5. The number of para-hydroxylation sites is 2. The van der Waals surface area contributed by atoms with Crippen LogP contribution in [0, 0.1) is 0 Å².